The lowest BCUT2D eigenvalue weighted by Gasteiger charge is -2.32. The van der Waals surface area contributed by atoms with Crippen molar-refractivity contribution in [2.24, 2.45) is 0 Å². The largest absolute Gasteiger partial charge is 0.353 e. The number of pyridine rings is 1. The summed E-state index contributed by atoms with van der Waals surface area (Å²) in [5, 5.41) is 5.61. The van der Waals surface area contributed by atoms with Crippen LogP contribution in [0.25, 0.3) is 21.8 Å². The van der Waals surface area contributed by atoms with Gasteiger partial charge >= 0.3 is 0 Å². The summed E-state index contributed by atoms with van der Waals surface area (Å²) < 4.78 is 0. The second kappa shape index (κ2) is 8.90. The van der Waals surface area contributed by atoms with E-state index in [0.29, 0.717) is 12.8 Å². The Labute approximate surface area is 182 Å². The number of aromatic nitrogens is 2. The molecule has 3 heterocycles. The van der Waals surface area contributed by atoms with Crippen LogP contribution in [-0.4, -0.2) is 39.9 Å². The lowest BCUT2D eigenvalue weighted by Crippen LogP contribution is -2.44. The predicted octanol–water partition coefficient (Wildman–Crippen LogP) is 4.43. The summed E-state index contributed by atoms with van der Waals surface area (Å²) in [6, 6.07) is 21.3. The standard InChI is InChI=1S/C26H28N4O/c31-26(28-20-12-14-30(15-13-20)18-19-6-2-1-3-7-19)11-10-21-16-23-22-8-4-5-9-24(22)29-25(23)17-27-21/h1-9,16-17,20,29H,10-15,18H2,(H,28,31). The van der Waals surface area contributed by atoms with Gasteiger partial charge in [-0.15, -0.1) is 0 Å². The molecule has 158 valence electrons. The van der Waals surface area contributed by atoms with E-state index in [-0.39, 0.29) is 11.9 Å². The molecule has 0 aliphatic carbocycles. The number of benzene rings is 2. The summed E-state index contributed by atoms with van der Waals surface area (Å²) in [5.41, 5.74) is 4.47. The second-order valence-electron chi connectivity index (χ2n) is 8.50. The van der Waals surface area contributed by atoms with E-state index < -0.39 is 0 Å². The maximum Gasteiger partial charge on any atom is 0.220 e. The Hall–Kier alpha value is -3.18. The highest BCUT2D eigenvalue weighted by Crippen LogP contribution is 2.25. The zero-order chi connectivity index (χ0) is 21.0. The highest BCUT2D eigenvalue weighted by molar-refractivity contribution is 6.06. The van der Waals surface area contributed by atoms with Gasteiger partial charge in [0.05, 0.1) is 11.7 Å². The monoisotopic (exact) mass is 412 g/mol. The fourth-order valence-electron chi connectivity index (χ4n) is 4.55. The number of carbonyl (C=O) groups excluding carboxylic acids is 1. The van der Waals surface area contributed by atoms with E-state index >= 15 is 0 Å². The number of carbonyl (C=O) groups is 1. The van der Waals surface area contributed by atoms with E-state index in [1.807, 2.05) is 18.3 Å². The Morgan fingerprint density at radius 2 is 1.77 bits per heavy atom. The van der Waals surface area contributed by atoms with Gasteiger partial charge in [0.1, 0.15) is 0 Å². The maximum absolute atomic E-state index is 12.5. The van der Waals surface area contributed by atoms with Crippen molar-refractivity contribution in [2.45, 2.75) is 38.3 Å². The number of fused-ring (bicyclic) bond motifs is 3. The molecule has 5 rings (SSSR count). The molecule has 0 unspecified atom stereocenters. The molecule has 0 atom stereocenters. The Bertz CT molecular complexity index is 1180. The summed E-state index contributed by atoms with van der Waals surface area (Å²) in [5.74, 6) is 0.127. The van der Waals surface area contributed by atoms with Crippen molar-refractivity contribution in [1.82, 2.24) is 20.2 Å². The molecule has 0 saturated carbocycles. The summed E-state index contributed by atoms with van der Waals surface area (Å²) in [6.07, 6.45) is 5.04. The first-order chi connectivity index (χ1) is 15.2. The van der Waals surface area contributed by atoms with E-state index in [4.69, 9.17) is 0 Å². The van der Waals surface area contributed by atoms with Gasteiger partial charge in [-0.05, 0) is 37.0 Å². The first-order valence-corrected chi connectivity index (χ1v) is 11.2. The van der Waals surface area contributed by atoms with Crippen molar-refractivity contribution in [1.29, 1.82) is 0 Å². The molecule has 4 aromatic rings. The third-order valence-corrected chi connectivity index (χ3v) is 6.26. The number of piperidine rings is 1. The van der Waals surface area contributed by atoms with Gasteiger partial charge in [-0.3, -0.25) is 14.7 Å². The van der Waals surface area contributed by atoms with E-state index in [1.165, 1.54) is 16.3 Å². The quantitative estimate of drug-likeness (QED) is 0.493. The van der Waals surface area contributed by atoms with Gasteiger partial charge in [0.25, 0.3) is 0 Å². The first kappa shape index (κ1) is 19.8. The molecule has 1 aliphatic rings. The van der Waals surface area contributed by atoms with Gasteiger partial charge in [0, 0.05) is 54.1 Å². The van der Waals surface area contributed by atoms with Crippen molar-refractivity contribution < 1.29 is 4.79 Å². The highest BCUT2D eigenvalue weighted by atomic mass is 16.1. The predicted molar refractivity (Wildman–Crippen MR) is 125 cm³/mol. The molecule has 2 aromatic heterocycles. The molecule has 31 heavy (non-hydrogen) atoms. The summed E-state index contributed by atoms with van der Waals surface area (Å²) in [4.78, 5) is 22.9. The number of rotatable bonds is 6. The third kappa shape index (κ3) is 4.62. The number of hydrogen-bond donors (Lipinski definition) is 2. The van der Waals surface area contributed by atoms with Crippen molar-refractivity contribution in [3.8, 4) is 0 Å². The minimum Gasteiger partial charge on any atom is -0.353 e. The lowest BCUT2D eigenvalue weighted by molar-refractivity contribution is -0.122. The van der Waals surface area contributed by atoms with Crippen LogP contribution in [0.3, 0.4) is 0 Å². The van der Waals surface area contributed by atoms with Crippen LogP contribution in [0.5, 0.6) is 0 Å². The first-order valence-electron chi connectivity index (χ1n) is 11.2. The minimum absolute atomic E-state index is 0.127. The molecule has 2 aromatic carbocycles. The smallest absolute Gasteiger partial charge is 0.220 e. The van der Waals surface area contributed by atoms with Crippen molar-refractivity contribution in [3.05, 3.63) is 78.1 Å². The molecular weight excluding hydrogens is 384 g/mol. The SMILES string of the molecule is O=C(CCc1cc2c(cn1)[nH]c1ccccc12)NC1CCN(Cc2ccccc2)CC1. The number of likely N-dealkylation sites (tertiary alicyclic amines) is 1. The summed E-state index contributed by atoms with van der Waals surface area (Å²) in [7, 11) is 0. The normalized spacial score (nSPS) is 15.5. The van der Waals surface area contributed by atoms with Crippen LogP contribution >= 0.6 is 0 Å². The number of H-pyrrole nitrogens is 1. The highest BCUT2D eigenvalue weighted by Gasteiger charge is 2.20. The number of amides is 1. The zero-order valence-corrected chi connectivity index (χ0v) is 17.7. The second-order valence-corrected chi connectivity index (χ2v) is 8.50. The molecule has 1 amide bonds. The Kier molecular flexibility index (Phi) is 5.67. The van der Waals surface area contributed by atoms with Crippen molar-refractivity contribution >= 4 is 27.7 Å². The molecular formula is C26H28N4O. The molecule has 0 spiro atoms. The van der Waals surface area contributed by atoms with Crippen molar-refractivity contribution in [3.63, 3.8) is 0 Å². The number of hydrogen-bond acceptors (Lipinski definition) is 3. The van der Waals surface area contributed by atoms with Gasteiger partial charge in [0.2, 0.25) is 5.91 Å². The number of aryl methyl sites for hydroxylation is 1. The molecule has 1 fully saturated rings. The van der Waals surface area contributed by atoms with Crippen LogP contribution in [0, 0.1) is 0 Å². The Balaban J connectivity index is 1.12. The maximum atomic E-state index is 12.5. The number of nitrogens with zero attached hydrogens (tertiary/aromatic N) is 2. The van der Waals surface area contributed by atoms with Gasteiger partial charge < -0.3 is 10.3 Å². The van der Waals surface area contributed by atoms with Crippen LogP contribution < -0.4 is 5.32 Å². The topological polar surface area (TPSA) is 61.0 Å². The zero-order valence-electron chi connectivity index (χ0n) is 17.7. The summed E-state index contributed by atoms with van der Waals surface area (Å²) >= 11 is 0. The van der Waals surface area contributed by atoms with Gasteiger partial charge in [0.15, 0.2) is 0 Å². The number of nitrogens with one attached hydrogen (secondary N) is 2. The van der Waals surface area contributed by atoms with E-state index in [1.54, 1.807) is 0 Å². The molecule has 0 radical (unpaired) electrons. The Morgan fingerprint density at radius 3 is 2.61 bits per heavy atom. The van der Waals surface area contributed by atoms with Gasteiger partial charge in [-0.1, -0.05) is 48.5 Å². The van der Waals surface area contributed by atoms with Gasteiger partial charge in [-0.2, -0.15) is 0 Å². The third-order valence-electron chi connectivity index (χ3n) is 6.26. The van der Waals surface area contributed by atoms with Crippen LogP contribution in [0.1, 0.15) is 30.5 Å². The molecule has 1 saturated heterocycles. The van der Waals surface area contributed by atoms with E-state index in [2.05, 4.69) is 68.7 Å². The van der Waals surface area contributed by atoms with Crippen LogP contribution in [-0.2, 0) is 17.8 Å². The fourth-order valence-corrected chi connectivity index (χ4v) is 4.55. The molecule has 1 aliphatic heterocycles. The molecule has 5 nitrogen and oxygen atoms in total. The minimum atomic E-state index is 0.127. The van der Waals surface area contributed by atoms with E-state index in [0.717, 1.165) is 49.2 Å². The fraction of sp³-hybridized carbons (Fsp3) is 0.308. The van der Waals surface area contributed by atoms with Crippen LogP contribution in [0.2, 0.25) is 0 Å². The Morgan fingerprint density at radius 1 is 1.00 bits per heavy atom. The van der Waals surface area contributed by atoms with E-state index in [9.17, 15) is 4.79 Å². The lowest BCUT2D eigenvalue weighted by atomic mass is 10.0. The molecule has 0 bridgehead atoms. The number of aromatic amines is 1. The van der Waals surface area contributed by atoms with Crippen molar-refractivity contribution in [2.75, 3.05) is 13.1 Å². The average molecular weight is 413 g/mol. The average Bonchev–Trinajstić information content (AvgIpc) is 3.18. The van der Waals surface area contributed by atoms with Crippen LogP contribution in [0.4, 0.5) is 0 Å². The van der Waals surface area contributed by atoms with Gasteiger partial charge in [-0.25, -0.2) is 0 Å². The summed E-state index contributed by atoms with van der Waals surface area (Å²) in [6.45, 7) is 3.04. The van der Waals surface area contributed by atoms with Crippen LogP contribution in [0.15, 0.2) is 66.9 Å². The molecule has 2 N–H and O–H groups in total. The number of para-hydroxylation sites is 1. The molecule has 5 heteroatoms.